The van der Waals surface area contributed by atoms with Crippen LogP contribution in [0.25, 0.3) is 10.8 Å². The number of nitrogens with one attached hydrogen (secondary N) is 1. The summed E-state index contributed by atoms with van der Waals surface area (Å²) >= 11 is 3.43. The van der Waals surface area contributed by atoms with Crippen LogP contribution in [0, 0.1) is 0 Å². The zero-order chi connectivity index (χ0) is 10.8. The van der Waals surface area contributed by atoms with Gasteiger partial charge in [0.05, 0.1) is 4.47 Å². The van der Waals surface area contributed by atoms with Gasteiger partial charge in [0, 0.05) is 23.9 Å². The zero-order valence-corrected chi connectivity index (χ0v) is 9.71. The van der Waals surface area contributed by atoms with Gasteiger partial charge in [0.25, 0.3) is 0 Å². The minimum Gasteiger partial charge on any atom is -0.310 e. The lowest BCUT2D eigenvalue weighted by molar-refractivity contribution is -0.114. The molecule has 0 saturated carbocycles. The number of fused-ring (bicyclic) bond motifs is 1. The molecule has 0 fully saturated rings. The molecule has 4 heteroatoms. The van der Waals surface area contributed by atoms with Gasteiger partial charge in [0.1, 0.15) is 5.82 Å². The highest BCUT2D eigenvalue weighted by atomic mass is 79.9. The lowest BCUT2D eigenvalue weighted by Gasteiger charge is -2.06. The standard InChI is InChI=1S/C11H9BrN2O/c1-7(15)14-11-10(12)9-5-3-2-4-8(9)6-13-11/h2-6H,1H3,(H,13,14,15). The minimum absolute atomic E-state index is 0.126. The van der Waals surface area contributed by atoms with E-state index in [9.17, 15) is 4.79 Å². The number of rotatable bonds is 1. The summed E-state index contributed by atoms with van der Waals surface area (Å²) in [5.41, 5.74) is 0. The number of carbonyl (C=O) groups is 1. The zero-order valence-electron chi connectivity index (χ0n) is 8.12. The number of benzene rings is 1. The Morgan fingerprint density at radius 2 is 2.13 bits per heavy atom. The average molecular weight is 265 g/mol. The third-order valence-electron chi connectivity index (χ3n) is 2.03. The van der Waals surface area contributed by atoms with Crippen molar-refractivity contribution in [1.82, 2.24) is 4.98 Å². The van der Waals surface area contributed by atoms with Crippen molar-refractivity contribution in [3.63, 3.8) is 0 Å². The first kappa shape index (κ1) is 10.1. The van der Waals surface area contributed by atoms with Gasteiger partial charge >= 0.3 is 0 Å². The first-order valence-corrected chi connectivity index (χ1v) is 5.28. The van der Waals surface area contributed by atoms with Crippen LogP contribution >= 0.6 is 15.9 Å². The van der Waals surface area contributed by atoms with Gasteiger partial charge < -0.3 is 5.32 Å². The molecule has 1 amide bonds. The van der Waals surface area contributed by atoms with Crippen LogP contribution in [0.5, 0.6) is 0 Å². The van der Waals surface area contributed by atoms with Crippen molar-refractivity contribution in [2.24, 2.45) is 0 Å². The third kappa shape index (κ3) is 1.99. The van der Waals surface area contributed by atoms with Gasteiger partial charge in [-0.1, -0.05) is 24.3 Å². The van der Waals surface area contributed by atoms with E-state index in [1.165, 1.54) is 6.92 Å². The van der Waals surface area contributed by atoms with Crippen LogP contribution in [0.15, 0.2) is 34.9 Å². The van der Waals surface area contributed by atoms with E-state index in [0.717, 1.165) is 15.2 Å². The molecular weight excluding hydrogens is 256 g/mol. The largest absolute Gasteiger partial charge is 0.310 e. The van der Waals surface area contributed by atoms with Crippen LogP contribution in [-0.4, -0.2) is 10.9 Å². The number of aromatic nitrogens is 1. The smallest absolute Gasteiger partial charge is 0.222 e. The molecule has 1 heterocycles. The van der Waals surface area contributed by atoms with E-state index in [1.807, 2.05) is 24.3 Å². The fourth-order valence-electron chi connectivity index (χ4n) is 1.38. The van der Waals surface area contributed by atoms with Gasteiger partial charge in [-0.15, -0.1) is 0 Å². The Hall–Kier alpha value is -1.42. The molecule has 0 unspecified atom stereocenters. The molecule has 76 valence electrons. The maximum Gasteiger partial charge on any atom is 0.222 e. The number of hydrogen-bond donors (Lipinski definition) is 1. The lowest BCUT2D eigenvalue weighted by atomic mass is 10.2. The number of pyridine rings is 1. The Kier molecular flexibility index (Phi) is 2.68. The lowest BCUT2D eigenvalue weighted by Crippen LogP contribution is -2.07. The number of amides is 1. The third-order valence-corrected chi connectivity index (χ3v) is 2.84. The molecule has 0 bridgehead atoms. The Balaban J connectivity index is 2.59. The topological polar surface area (TPSA) is 42.0 Å². The van der Waals surface area contributed by atoms with Crippen LogP contribution in [0.1, 0.15) is 6.92 Å². The van der Waals surface area contributed by atoms with Crippen molar-refractivity contribution in [3.8, 4) is 0 Å². The highest BCUT2D eigenvalue weighted by Crippen LogP contribution is 2.28. The molecular formula is C11H9BrN2O. The van der Waals surface area contributed by atoms with Gasteiger partial charge in [0.15, 0.2) is 0 Å². The predicted octanol–water partition coefficient (Wildman–Crippen LogP) is 2.96. The Morgan fingerprint density at radius 1 is 1.40 bits per heavy atom. The maximum absolute atomic E-state index is 10.9. The summed E-state index contributed by atoms with van der Waals surface area (Å²) < 4.78 is 0.816. The summed E-state index contributed by atoms with van der Waals surface area (Å²) in [6, 6.07) is 7.86. The minimum atomic E-state index is -0.126. The summed E-state index contributed by atoms with van der Waals surface area (Å²) in [6.07, 6.45) is 1.74. The molecule has 2 rings (SSSR count). The van der Waals surface area contributed by atoms with Crippen molar-refractivity contribution in [2.75, 3.05) is 5.32 Å². The van der Waals surface area contributed by atoms with Crippen molar-refractivity contribution < 1.29 is 4.79 Å². The van der Waals surface area contributed by atoms with Gasteiger partial charge in [-0.05, 0) is 15.9 Å². The van der Waals surface area contributed by atoms with E-state index in [4.69, 9.17) is 0 Å². The molecule has 15 heavy (non-hydrogen) atoms. The Bertz CT molecular complexity index is 525. The van der Waals surface area contributed by atoms with E-state index >= 15 is 0 Å². The molecule has 0 spiro atoms. The monoisotopic (exact) mass is 264 g/mol. The van der Waals surface area contributed by atoms with E-state index in [1.54, 1.807) is 6.20 Å². The summed E-state index contributed by atoms with van der Waals surface area (Å²) in [6.45, 7) is 1.46. The van der Waals surface area contributed by atoms with Crippen LogP contribution < -0.4 is 5.32 Å². The normalized spacial score (nSPS) is 10.3. The maximum atomic E-state index is 10.9. The van der Waals surface area contributed by atoms with Crippen molar-refractivity contribution in [3.05, 3.63) is 34.9 Å². The number of carbonyl (C=O) groups excluding carboxylic acids is 1. The second-order valence-corrected chi connectivity index (χ2v) is 3.98. The molecule has 2 aromatic rings. The number of nitrogens with zero attached hydrogens (tertiary/aromatic N) is 1. The first-order valence-electron chi connectivity index (χ1n) is 4.49. The molecule has 1 aromatic carbocycles. The summed E-state index contributed by atoms with van der Waals surface area (Å²) in [5.74, 6) is 0.430. The number of hydrogen-bond acceptors (Lipinski definition) is 2. The van der Waals surface area contributed by atoms with Gasteiger partial charge in [-0.2, -0.15) is 0 Å². The average Bonchev–Trinajstić information content (AvgIpc) is 2.22. The SMILES string of the molecule is CC(=O)Nc1ncc2ccccc2c1Br. The molecule has 0 aliphatic rings. The fraction of sp³-hybridized carbons (Fsp3) is 0.0909. The van der Waals surface area contributed by atoms with Crippen LogP contribution in [0.3, 0.4) is 0 Å². The summed E-state index contributed by atoms with van der Waals surface area (Å²) in [4.78, 5) is 15.1. The molecule has 1 N–H and O–H groups in total. The van der Waals surface area contributed by atoms with Crippen molar-refractivity contribution in [1.29, 1.82) is 0 Å². The molecule has 3 nitrogen and oxygen atoms in total. The van der Waals surface area contributed by atoms with E-state index < -0.39 is 0 Å². The second-order valence-electron chi connectivity index (χ2n) is 3.19. The molecule has 0 aliphatic heterocycles. The van der Waals surface area contributed by atoms with Gasteiger partial charge in [-0.25, -0.2) is 4.98 Å². The summed E-state index contributed by atoms with van der Waals surface area (Å²) in [7, 11) is 0. The fourth-order valence-corrected chi connectivity index (χ4v) is 1.94. The highest BCUT2D eigenvalue weighted by Gasteiger charge is 2.06. The summed E-state index contributed by atoms with van der Waals surface area (Å²) in [5, 5.41) is 4.75. The highest BCUT2D eigenvalue weighted by molar-refractivity contribution is 9.10. The predicted molar refractivity (Wildman–Crippen MR) is 63.7 cm³/mol. The van der Waals surface area contributed by atoms with Crippen LogP contribution in [-0.2, 0) is 4.79 Å². The van der Waals surface area contributed by atoms with E-state index in [2.05, 4.69) is 26.2 Å². The van der Waals surface area contributed by atoms with E-state index in [0.29, 0.717) is 5.82 Å². The quantitative estimate of drug-likeness (QED) is 0.861. The van der Waals surface area contributed by atoms with Crippen molar-refractivity contribution >= 4 is 38.4 Å². The molecule has 0 radical (unpaired) electrons. The molecule has 1 aromatic heterocycles. The van der Waals surface area contributed by atoms with E-state index in [-0.39, 0.29) is 5.91 Å². The molecule has 0 aliphatic carbocycles. The number of anilines is 1. The van der Waals surface area contributed by atoms with Crippen molar-refractivity contribution in [2.45, 2.75) is 6.92 Å². The van der Waals surface area contributed by atoms with Crippen LogP contribution in [0.2, 0.25) is 0 Å². The first-order chi connectivity index (χ1) is 7.18. The molecule has 0 saturated heterocycles. The number of halogens is 1. The Labute approximate surface area is 95.6 Å². The Morgan fingerprint density at radius 3 is 2.87 bits per heavy atom. The molecule has 0 atom stereocenters. The van der Waals surface area contributed by atoms with Gasteiger partial charge in [-0.3, -0.25) is 4.79 Å². The van der Waals surface area contributed by atoms with Crippen LogP contribution in [0.4, 0.5) is 5.82 Å². The van der Waals surface area contributed by atoms with Gasteiger partial charge in [0.2, 0.25) is 5.91 Å². The second kappa shape index (κ2) is 3.98.